The van der Waals surface area contributed by atoms with Crippen molar-refractivity contribution in [2.45, 2.75) is 31.6 Å². The summed E-state index contributed by atoms with van der Waals surface area (Å²) in [5.41, 5.74) is 1.16. The third-order valence-electron chi connectivity index (χ3n) is 2.76. The molecule has 70 valence electrons. The number of hydrogen-bond acceptors (Lipinski definition) is 2. The maximum atomic E-state index is 5.30. The van der Waals surface area contributed by atoms with E-state index in [-0.39, 0.29) is 0 Å². The van der Waals surface area contributed by atoms with E-state index in [0.29, 0.717) is 5.92 Å². The van der Waals surface area contributed by atoms with Gasteiger partial charge < -0.3 is 4.74 Å². The second kappa shape index (κ2) is 3.77. The first-order chi connectivity index (χ1) is 6.42. The molecule has 0 unspecified atom stereocenters. The van der Waals surface area contributed by atoms with Crippen molar-refractivity contribution in [3.05, 3.63) is 24.0 Å². The molecule has 0 amide bonds. The van der Waals surface area contributed by atoms with Crippen LogP contribution < -0.4 is 4.74 Å². The summed E-state index contributed by atoms with van der Waals surface area (Å²) in [7, 11) is 1.72. The van der Waals surface area contributed by atoms with Gasteiger partial charge in [0.05, 0.1) is 12.8 Å². The number of hydrogen-bond donors (Lipinski definition) is 0. The topological polar surface area (TPSA) is 22.1 Å². The van der Waals surface area contributed by atoms with Crippen LogP contribution in [0.15, 0.2) is 18.3 Å². The van der Waals surface area contributed by atoms with Crippen LogP contribution in [0.5, 0.6) is 5.75 Å². The number of aromatic nitrogens is 1. The van der Waals surface area contributed by atoms with Gasteiger partial charge in [0.1, 0.15) is 5.75 Å². The smallest absolute Gasteiger partial charge is 0.140 e. The molecule has 1 aliphatic rings. The number of nitrogens with zero attached hydrogens (tertiary/aromatic N) is 1. The van der Waals surface area contributed by atoms with Crippen molar-refractivity contribution in [2.24, 2.45) is 0 Å². The molecular formula is C11H15NO. The zero-order valence-corrected chi connectivity index (χ0v) is 7.99. The lowest BCUT2D eigenvalue weighted by Gasteiger charge is -2.11. The third kappa shape index (κ3) is 1.67. The summed E-state index contributed by atoms with van der Waals surface area (Å²) in [5, 5.41) is 0. The average Bonchev–Trinajstić information content (AvgIpc) is 2.70. The normalized spacial score (nSPS) is 17.6. The summed E-state index contributed by atoms with van der Waals surface area (Å²) in [4.78, 5) is 4.41. The van der Waals surface area contributed by atoms with Crippen molar-refractivity contribution in [3.8, 4) is 5.75 Å². The molecule has 0 atom stereocenters. The highest BCUT2D eigenvalue weighted by Crippen LogP contribution is 2.36. The molecule has 0 bridgehead atoms. The molecule has 2 heteroatoms. The van der Waals surface area contributed by atoms with Crippen LogP contribution in [0.4, 0.5) is 0 Å². The second-order valence-electron chi connectivity index (χ2n) is 3.57. The largest absolute Gasteiger partial charge is 0.495 e. The summed E-state index contributed by atoms with van der Waals surface area (Å²) < 4.78 is 5.30. The highest BCUT2D eigenvalue weighted by atomic mass is 16.5. The van der Waals surface area contributed by atoms with Crippen LogP contribution in [0, 0.1) is 0 Å². The second-order valence-corrected chi connectivity index (χ2v) is 3.57. The highest BCUT2D eigenvalue weighted by molar-refractivity contribution is 5.30. The van der Waals surface area contributed by atoms with Gasteiger partial charge in [-0.15, -0.1) is 0 Å². The van der Waals surface area contributed by atoms with E-state index in [9.17, 15) is 0 Å². The molecule has 0 aromatic carbocycles. The molecule has 2 nitrogen and oxygen atoms in total. The third-order valence-corrected chi connectivity index (χ3v) is 2.76. The standard InChI is InChI=1S/C11H15NO/c1-13-10-7-4-8-12-11(10)9-5-2-3-6-9/h4,7-9H,2-3,5-6H2,1H3. The molecule has 0 aliphatic heterocycles. The lowest BCUT2D eigenvalue weighted by molar-refractivity contribution is 0.401. The molecule has 0 N–H and O–H groups in total. The van der Waals surface area contributed by atoms with Gasteiger partial charge >= 0.3 is 0 Å². The predicted molar refractivity (Wildman–Crippen MR) is 52.0 cm³/mol. The van der Waals surface area contributed by atoms with Gasteiger partial charge in [0.25, 0.3) is 0 Å². The van der Waals surface area contributed by atoms with Crippen LogP contribution in [0.3, 0.4) is 0 Å². The minimum absolute atomic E-state index is 0.635. The van der Waals surface area contributed by atoms with Crippen molar-refractivity contribution in [3.63, 3.8) is 0 Å². The van der Waals surface area contributed by atoms with Crippen molar-refractivity contribution in [1.29, 1.82) is 0 Å². The van der Waals surface area contributed by atoms with E-state index in [4.69, 9.17) is 4.74 Å². The van der Waals surface area contributed by atoms with Crippen LogP contribution in [-0.2, 0) is 0 Å². The Morgan fingerprint density at radius 3 is 2.85 bits per heavy atom. The van der Waals surface area contributed by atoms with Gasteiger partial charge in [-0.05, 0) is 25.0 Å². The van der Waals surface area contributed by atoms with Crippen LogP contribution >= 0.6 is 0 Å². The summed E-state index contributed by atoms with van der Waals surface area (Å²) in [5.74, 6) is 1.59. The first kappa shape index (κ1) is 8.54. The van der Waals surface area contributed by atoms with Crippen LogP contribution in [0.25, 0.3) is 0 Å². The van der Waals surface area contributed by atoms with E-state index >= 15 is 0 Å². The molecule has 1 aliphatic carbocycles. The predicted octanol–water partition coefficient (Wildman–Crippen LogP) is 2.75. The summed E-state index contributed by atoms with van der Waals surface area (Å²) >= 11 is 0. The van der Waals surface area contributed by atoms with Crippen LogP contribution in [-0.4, -0.2) is 12.1 Å². The Morgan fingerprint density at radius 2 is 2.15 bits per heavy atom. The molecule has 1 heterocycles. The van der Waals surface area contributed by atoms with E-state index in [1.54, 1.807) is 7.11 Å². The van der Waals surface area contributed by atoms with Gasteiger partial charge in [0.2, 0.25) is 0 Å². The maximum Gasteiger partial charge on any atom is 0.140 e. The zero-order valence-electron chi connectivity index (χ0n) is 7.99. The quantitative estimate of drug-likeness (QED) is 0.693. The molecule has 0 radical (unpaired) electrons. The van der Waals surface area contributed by atoms with Crippen molar-refractivity contribution in [1.82, 2.24) is 4.98 Å². The van der Waals surface area contributed by atoms with Crippen molar-refractivity contribution in [2.75, 3.05) is 7.11 Å². The van der Waals surface area contributed by atoms with Gasteiger partial charge in [-0.25, -0.2) is 0 Å². The molecule has 1 saturated carbocycles. The Balaban J connectivity index is 2.26. The fraction of sp³-hybridized carbons (Fsp3) is 0.545. The van der Waals surface area contributed by atoms with Crippen LogP contribution in [0.2, 0.25) is 0 Å². The van der Waals surface area contributed by atoms with Crippen molar-refractivity contribution >= 4 is 0 Å². The SMILES string of the molecule is COc1cccnc1C1CCCC1. The molecule has 13 heavy (non-hydrogen) atoms. The van der Waals surface area contributed by atoms with E-state index in [2.05, 4.69) is 4.98 Å². The van der Waals surface area contributed by atoms with E-state index in [1.807, 2.05) is 18.3 Å². The molecule has 1 fully saturated rings. The summed E-state index contributed by atoms with van der Waals surface area (Å²) in [6.45, 7) is 0. The molecule has 0 spiro atoms. The van der Waals surface area contributed by atoms with Gasteiger partial charge in [-0.3, -0.25) is 4.98 Å². The number of ether oxygens (including phenoxy) is 1. The Morgan fingerprint density at radius 1 is 1.38 bits per heavy atom. The Kier molecular flexibility index (Phi) is 2.48. The minimum Gasteiger partial charge on any atom is -0.495 e. The lowest BCUT2D eigenvalue weighted by atomic mass is 10.0. The number of methoxy groups -OCH3 is 1. The van der Waals surface area contributed by atoms with E-state index < -0.39 is 0 Å². The van der Waals surface area contributed by atoms with Crippen molar-refractivity contribution < 1.29 is 4.74 Å². The fourth-order valence-corrected chi connectivity index (χ4v) is 2.08. The lowest BCUT2D eigenvalue weighted by Crippen LogP contribution is -1.99. The Labute approximate surface area is 78.9 Å². The first-order valence-electron chi connectivity index (χ1n) is 4.90. The Hall–Kier alpha value is -1.05. The molecule has 0 saturated heterocycles. The van der Waals surface area contributed by atoms with E-state index in [0.717, 1.165) is 11.4 Å². The molecule has 2 rings (SSSR count). The maximum absolute atomic E-state index is 5.30. The van der Waals surface area contributed by atoms with Gasteiger partial charge in [0.15, 0.2) is 0 Å². The summed E-state index contributed by atoms with van der Waals surface area (Å²) in [6, 6.07) is 3.93. The minimum atomic E-state index is 0.635. The van der Waals surface area contributed by atoms with Crippen LogP contribution in [0.1, 0.15) is 37.3 Å². The summed E-state index contributed by atoms with van der Waals surface area (Å²) in [6.07, 6.45) is 7.08. The first-order valence-corrected chi connectivity index (χ1v) is 4.90. The number of rotatable bonds is 2. The van der Waals surface area contributed by atoms with Gasteiger partial charge in [-0.2, -0.15) is 0 Å². The monoisotopic (exact) mass is 177 g/mol. The number of pyridine rings is 1. The van der Waals surface area contributed by atoms with E-state index in [1.165, 1.54) is 25.7 Å². The molecular weight excluding hydrogens is 162 g/mol. The molecule has 1 aromatic heterocycles. The van der Waals surface area contributed by atoms with Gasteiger partial charge in [0, 0.05) is 12.1 Å². The van der Waals surface area contributed by atoms with Gasteiger partial charge in [-0.1, -0.05) is 12.8 Å². The molecule has 1 aromatic rings. The fourth-order valence-electron chi connectivity index (χ4n) is 2.08. The highest BCUT2D eigenvalue weighted by Gasteiger charge is 2.21. The average molecular weight is 177 g/mol. The Bertz CT molecular complexity index is 279. The zero-order chi connectivity index (χ0) is 9.10.